The molecular formula is C41H79ClN21O19P3. The second kappa shape index (κ2) is 36.7. The molecule has 5 rings (SSSR count). The number of halogens is 1. The number of nitrogens with zero attached hydrogens (tertiary/aromatic N) is 21. The van der Waals surface area contributed by atoms with Crippen molar-refractivity contribution in [3.8, 4) is 0 Å². The van der Waals surface area contributed by atoms with Crippen molar-refractivity contribution in [2.24, 2.45) is 13.5 Å². The summed E-state index contributed by atoms with van der Waals surface area (Å²) in [5.41, 5.74) is 0. The molecule has 0 aliphatic carbocycles. The van der Waals surface area contributed by atoms with E-state index in [0.29, 0.717) is 0 Å². The zero-order valence-electron chi connectivity index (χ0n) is 50.1. The van der Waals surface area contributed by atoms with Crippen LogP contribution >= 0.6 is 33.3 Å². The summed E-state index contributed by atoms with van der Waals surface area (Å²) in [5.74, 6) is 0.754. The first kappa shape index (κ1) is 71.2. The summed E-state index contributed by atoms with van der Waals surface area (Å²) in [6.45, 7) is -6.54. The van der Waals surface area contributed by atoms with Gasteiger partial charge >= 0.3 is 22.1 Å². The van der Waals surface area contributed by atoms with Crippen molar-refractivity contribution in [1.29, 1.82) is 0 Å². The van der Waals surface area contributed by atoms with E-state index in [0.717, 1.165) is 0 Å². The van der Waals surface area contributed by atoms with Crippen LogP contribution in [0.5, 0.6) is 0 Å². The van der Waals surface area contributed by atoms with E-state index in [9.17, 15) is 5.11 Å². The smallest absolute Gasteiger partial charge is 0.351 e. The van der Waals surface area contributed by atoms with Gasteiger partial charge in [-0.05, 0) is 11.2 Å². The van der Waals surface area contributed by atoms with Crippen LogP contribution in [0.3, 0.4) is 0 Å². The maximum absolute atomic E-state index is 11.1. The van der Waals surface area contributed by atoms with Gasteiger partial charge in [-0.3, -0.25) is 62.2 Å². The van der Waals surface area contributed by atoms with E-state index in [1.54, 1.807) is 29.4 Å². The highest BCUT2D eigenvalue weighted by atomic mass is 35.7. The Hall–Kier alpha value is -4.55. The summed E-state index contributed by atoms with van der Waals surface area (Å²) in [4.78, 5) is 56.1. The molecule has 2 unspecified atom stereocenters. The molecule has 2 aliphatic heterocycles. The van der Waals surface area contributed by atoms with Crippen LogP contribution in [0.1, 0.15) is 0 Å². The third-order valence-corrected chi connectivity index (χ3v) is 19.8. The molecule has 0 saturated carbocycles. The number of aliphatic hydroxyl groups excluding tert-OH is 1. The Morgan fingerprint density at radius 2 is 0.624 bits per heavy atom. The van der Waals surface area contributed by atoms with E-state index in [1.165, 1.54) is 114 Å². The Kier molecular flexibility index (Phi) is 30.7. The van der Waals surface area contributed by atoms with Gasteiger partial charge in [0, 0.05) is 99.5 Å². The zero-order valence-corrected chi connectivity index (χ0v) is 53.6. The normalized spacial score (nSPS) is 17.3. The van der Waals surface area contributed by atoms with E-state index >= 15 is 0 Å². The fourth-order valence-electron chi connectivity index (χ4n) is 7.14. The minimum Gasteiger partial charge on any atom is -0.376 e. The molecule has 0 radical (unpaired) electrons. The van der Waals surface area contributed by atoms with Gasteiger partial charge in [0.25, 0.3) is 0 Å². The summed E-state index contributed by atoms with van der Waals surface area (Å²) in [6.07, 6.45) is 0. The summed E-state index contributed by atoms with van der Waals surface area (Å²) in [6, 6.07) is 0. The third kappa shape index (κ3) is 20.2. The molecule has 3 aromatic heterocycles. The van der Waals surface area contributed by atoms with Crippen LogP contribution in [0.15, 0.2) is 13.5 Å². The van der Waals surface area contributed by atoms with Crippen LogP contribution in [0.2, 0.25) is 0 Å². The third-order valence-electron chi connectivity index (χ3n) is 10.7. The molecular weight excluding hydrogens is 1220 g/mol. The Balaban J connectivity index is 1.67. The van der Waals surface area contributed by atoms with Crippen molar-refractivity contribution in [3.63, 3.8) is 0 Å². The first-order chi connectivity index (χ1) is 41.2. The maximum Gasteiger partial charge on any atom is 0.351 e. The molecule has 1 saturated heterocycles. The summed E-state index contributed by atoms with van der Waals surface area (Å²) in [7, 11) is 12.6. The summed E-state index contributed by atoms with van der Waals surface area (Å²) >= 11 is 7.57. The van der Waals surface area contributed by atoms with Gasteiger partial charge in [-0.15, -0.1) is 4.52 Å². The fraction of sp³-hybridized carbons (Fsp3) is 0.780. The number of ether oxygens (including phenoxy) is 13. The number of hydrogen-bond donors (Lipinski definition) is 1. The van der Waals surface area contributed by atoms with Crippen molar-refractivity contribution in [2.75, 3.05) is 265 Å². The molecule has 2 aliphatic rings. The van der Waals surface area contributed by atoms with Gasteiger partial charge in [-0.2, -0.15) is 53.9 Å². The minimum atomic E-state index is -4.18. The standard InChI is InChI=1S/C41H79ClN21O19P3/c1-65-16-56(17-66-2)34-43-33(44-35(45-34)57(18-67-3)19-68-4)55(15-64)29-80-84(78-14)52-83(42,79-30-62(28-77-13)40-48-36(58(20-69-5)21-70-6)46-37(49-40)59(22-71-7)23-72-8)53-85(54-84)81-31-63(32-82-85)41-50-38(60(24-73-9)25-74-10)47-39(51-41)61(26-75-11)27-76-12/h64H,15-32H2,1-14H3. The Labute approximate surface area is 498 Å². The largest absolute Gasteiger partial charge is 0.376 e. The first-order valence-corrected chi connectivity index (χ1v) is 30.5. The molecule has 85 heavy (non-hydrogen) atoms. The minimum absolute atomic E-state index is 0.00143. The Morgan fingerprint density at radius 3 is 0.894 bits per heavy atom. The van der Waals surface area contributed by atoms with Gasteiger partial charge in [0.15, 0.2) is 0 Å². The number of aliphatic hydroxyl groups is 1. The molecule has 0 aromatic carbocycles. The molecule has 40 nitrogen and oxygen atoms in total. The lowest BCUT2D eigenvalue weighted by Gasteiger charge is -2.37. The maximum atomic E-state index is 11.1. The van der Waals surface area contributed by atoms with Crippen LogP contribution in [0, 0.1) is 0 Å². The molecule has 1 fully saturated rings. The zero-order chi connectivity index (χ0) is 61.8. The molecule has 2 atom stereocenters. The van der Waals surface area contributed by atoms with Crippen molar-refractivity contribution in [3.05, 3.63) is 0 Å². The quantitative estimate of drug-likeness (QED) is 0.0627. The van der Waals surface area contributed by atoms with Crippen molar-refractivity contribution in [2.45, 2.75) is 0 Å². The molecule has 5 heterocycles. The van der Waals surface area contributed by atoms with E-state index in [-0.39, 0.29) is 154 Å². The molecule has 44 heteroatoms. The topological polar surface area (TPSA) is 369 Å². The van der Waals surface area contributed by atoms with Gasteiger partial charge < -0.3 is 71.2 Å². The Morgan fingerprint density at radius 1 is 0.365 bits per heavy atom. The number of methoxy groups -OCH3 is 13. The van der Waals surface area contributed by atoms with Crippen molar-refractivity contribution >= 4 is 86.9 Å². The number of rotatable bonds is 43. The molecule has 484 valence electrons. The van der Waals surface area contributed by atoms with Crippen LogP contribution in [0.4, 0.5) is 53.5 Å². The fourth-order valence-corrected chi connectivity index (χ4v) is 17.1. The van der Waals surface area contributed by atoms with Crippen LogP contribution in [0.25, 0.3) is 0 Å². The number of aromatic nitrogens is 9. The van der Waals surface area contributed by atoms with E-state index < -0.39 is 42.3 Å². The highest BCUT2D eigenvalue weighted by Crippen LogP contribution is 2.82. The van der Waals surface area contributed by atoms with E-state index in [2.05, 4.69) is 24.9 Å². The molecule has 0 bridgehead atoms. The average molecular weight is 1300 g/mol. The summed E-state index contributed by atoms with van der Waals surface area (Å²) in [5, 5.41) is 11.1. The molecule has 1 N–H and O–H groups in total. The summed E-state index contributed by atoms with van der Waals surface area (Å²) < 4.78 is 118. The van der Waals surface area contributed by atoms with Crippen LogP contribution < -0.4 is 44.1 Å². The van der Waals surface area contributed by atoms with E-state index in [4.69, 9.17) is 129 Å². The lowest BCUT2D eigenvalue weighted by molar-refractivity contribution is 0.136. The van der Waals surface area contributed by atoms with Gasteiger partial charge in [-0.25, -0.2) is 0 Å². The predicted octanol–water partition coefficient (Wildman–Crippen LogP) is 2.35. The molecule has 1 spiro atoms. The first-order valence-electron chi connectivity index (χ1n) is 25.0. The second-order valence-corrected chi connectivity index (χ2v) is 24.8. The van der Waals surface area contributed by atoms with E-state index in [1.807, 2.05) is 0 Å². The van der Waals surface area contributed by atoms with Gasteiger partial charge in [-0.1, -0.05) is 0 Å². The lowest BCUT2D eigenvalue weighted by atomic mass is 10.6. The number of anilines is 9. The highest BCUT2D eigenvalue weighted by Gasteiger charge is 2.44. The average Bonchev–Trinajstić information content (AvgIpc) is 3.58. The van der Waals surface area contributed by atoms with Crippen molar-refractivity contribution in [1.82, 2.24) is 44.9 Å². The van der Waals surface area contributed by atoms with Crippen LogP contribution in [-0.2, 0) is 84.2 Å². The predicted molar refractivity (Wildman–Crippen MR) is 308 cm³/mol. The van der Waals surface area contributed by atoms with Gasteiger partial charge in [0.1, 0.15) is 121 Å². The molecule has 0 amide bonds. The van der Waals surface area contributed by atoms with Gasteiger partial charge in [0.05, 0.1) is 0 Å². The van der Waals surface area contributed by atoms with Crippen molar-refractivity contribution < 1.29 is 89.3 Å². The SMILES string of the molecule is COCN(COC)c1nc(N(COC)COC)nc(N(COC)COP2(Cl)=NP(OC)(OCN(CO)c3nc(N(COC)COC)nc(N(COC)COC)n3)=NP3(=N2)OCN(c2nc(N(COC)COC)nc(N(COC)COC)n2)CO3)n1. The highest BCUT2D eigenvalue weighted by molar-refractivity contribution is 7.94. The van der Waals surface area contributed by atoms with Crippen LogP contribution in [-0.4, -0.2) is 271 Å². The Bertz CT molecular complexity index is 2500. The lowest BCUT2D eigenvalue weighted by Crippen LogP contribution is -2.37. The second-order valence-electron chi connectivity index (χ2n) is 17.1. The van der Waals surface area contributed by atoms with Gasteiger partial charge in [0.2, 0.25) is 53.5 Å². The molecule has 3 aromatic rings. The number of hydrogen-bond acceptors (Lipinski definition) is 40. The monoisotopic (exact) mass is 1300 g/mol.